The summed E-state index contributed by atoms with van der Waals surface area (Å²) >= 11 is 0. The smallest absolute Gasteiger partial charge is 0.120 e. The van der Waals surface area contributed by atoms with Crippen LogP contribution in [-0.4, -0.2) is 6.61 Å². The molecule has 0 atom stereocenters. The van der Waals surface area contributed by atoms with Crippen LogP contribution >= 0.6 is 0 Å². The molecule has 1 aromatic carbocycles. The van der Waals surface area contributed by atoms with E-state index in [9.17, 15) is 0 Å². The summed E-state index contributed by atoms with van der Waals surface area (Å²) in [4.78, 5) is 0. The van der Waals surface area contributed by atoms with Crippen LogP contribution in [0.25, 0.3) is 0 Å². The first-order valence-corrected chi connectivity index (χ1v) is 4.67. The molecule has 0 N–H and O–H groups in total. The summed E-state index contributed by atoms with van der Waals surface area (Å²) in [6, 6.07) is 10.5. The predicted molar refractivity (Wildman–Crippen MR) is 54.8 cm³/mol. The second-order valence-electron chi connectivity index (χ2n) is 2.81. The number of unbranched alkanes of at least 4 members (excludes halogenated alkanes) is 1. The Morgan fingerprint density at radius 1 is 1.46 bits per heavy atom. The van der Waals surface area contributed by atoms with E-state index < -0.39 is 0 Å². The van der Waals surface area contributed by atoms with E-state index in [0.717, 1.165) is 12.2 Å². The summed E-state index contributed by atoms with van der Waals surface area (Å²) in [6.07, 6.45) is 6.52. The van der Waals surface area contributed by atoms with E-state index in [2.05, 4.69) is 25.1 Å². The fourth-order valence-electron chi connectivity index (χ4n) is 0.964. The van der Waals surface area contributed by atoms with E-state index in [0.29, 0.717) is 6.61 Å². The zero-order chi connectivity index (χ0) is 9.36. The molecule has 0 unspecified atom stereocenters. The number of hydrogen-bond donors (Lipinski definition) is 0. The Bertz CT molecular complexity index is 239. The number of hydrogen-bond acceptors (Lipinski definition) is 1. The monoisotopic (exact) mass is 175 g/mol. The first-order valence-electron chi connectivity index (χ1n) is 4.67. The van der Waals surface area contributed by atoms with Crippen molar-refractivity contribution in [3.8, 4) is 5.75 Å². The second kappa shape index (κ2) is 6.30. The Labute approximate surface area is 80.0 Å². The quantitative estimate of drug-likeness (QED) is 0.624. The van der Waals surface area contributed by atoms with Crippen LogP contribution in [0.2, 0.25) is 0 Å². The average Bonchev–Trinajstić information content (AvgIpc) is 2.19. The molecule has 1 nitrogen and oxygen atoms in total. The average molecular weight is 175 g/mol. The summed E-state index contributed by atoms with van der Waals surface area (Å²) in [5, 5.41) is 0. The maximum Gasteiger partial charge on any atom is 0.120 e. The van der Waals surface area contributed by atoms with E-state index in [1.807, 2.05) is 24.3 Å². The lowest BCUT2D eigenvalue weighted by molar-refractivity contribution is 0.362. The molecule has 0 heterocycles. The van der Waals surface area contributed by atoms with Gasteiger partial charge in [0, 0.05) is 0 Å². The van der Waals surface area contributed by atoms with Gasteiger partial charge < -0.3 is 4.74 Å². The molecule has 0 amide bonds. The Morgan fingerprint density at radius 3 is 3.08 bits per heavy atom. The number of allylic oxidation sites excluding steroid dienone is 1. The molecule has 0 aromatic heterocycles. The van der Waals surface area contributed by atoms with Crippen molar-refractivity contribution in [3.05, 3.63) is 42.5 Å². The van der Waals surface area contributed by atoms with Crippen LogP contribution < -0.4 is 4.74 Å². The minimum Gasteiger partial charge on any atom is -0.490 e. The normalized spacial score (nSPS) is 10.5. The van der Waals surface area contributed by atoms with Gasteiger partial charge in [-0.25, -0.2) is 0 Å². The van der Waals surface area contributed by atoms with Gasteiger partial charge in [-0.2, -0.15) is 0 Å². The van der Waals surface area contributed by atoms with Gasteiger partial charge >= 0.3 is 0 Å². The summed E-state index contributed by atoms with van der Waals surface area (Å²) in [5.74, 6) is 0.878. The van der Waals surface area contributed by atoms with Gasteiger partial charge in [-0.05, 0) is 24.6 Å². The van der Waals surface area contributed by atoms with Crippen LogP contribution in [0.1, 0.15) is 19.8 Å². The van der Waals surface area contributed by atoms with Gasteiger partial charge in [-0.3, -0.25) is 0 Å². The van der Waals surface area contributed by atoms with Crippen molar-refractivity contribution in [2.24, 2.45) is 0 Å². The van der Waals surface area contributed by atoms with Crippen molar-refractivity contribution < 1.29 is 4.74 Å². The molecule has 0 saturated heterocycles. The second-order valence-corrected chi connectivity index (χ2v) is 2.81. The molecule has 1 rings (SSSR count). The maximum absolute atomic E-state index is 5.43. The molecule has 1 aromatic rings. The highest BCUT2D eigenvalue weighted by Crippen LogP contribution is 2.07. The third-order valence-corrected chi connectivity index (χ3v) is 1.65. The van der Waals surface area contributed by atoms with Crippen molar-refractivity contribution in [3.63, 3.8) is 0 Å². The van der Waals surface area contributed by atoms with E-state index in [-0.39, 0.29) is 0 Å². The van der Waals surface area contributed by atoms with Crippen molar-refractivity contribution in [1.29, 1.82) is 0 Å². The lowest BCUT2D eigenvalue weighted by atomic mass is 10.3. The molecule has 1 heteroatoms. The third kappa shape index (κ3) is 4.36. The highest BCUT2D eigenvalue weighted by atomic mass is 16.5. The van der Waals surface area contributed by atoms with Gasteiger partial charge in [0.1, 0.15) is 12.4 Å². The van der Waals surface area contributed by atoms with E-state index >= 15 is 0 Å². The topological polar surface area (TPSA) is 9.23 Å². The molecular weight excluding hydrogens is 160 g/mol. The Balaban J connectivity index is 2.20. The fourth-order valence-corrected chi connectivity index (χ4v) is 0.964. The maximum atomic E-state index is 5.43. The van der Waals surface area contributed by atoms with Crippen molar-refractivity contribution >= 4 is 0 Å². The first kappa shape index (κ1) is 9.85. The Morgan fingerprint density at radius 2 is 2.38 bits per heavy atom. The summed E-state index contributed by atoms with van der Waals surface area (Å²) < 4.78 is 5.43. The SMILES string of the molecule is CCCC=CCOc1c[c]ccc1. The minimum absolute atomic E-state index is 0.651. The molecule has 69 valence electrons. The van der Waals surface area contributed by atoms with Crippen LogP contribution in [0.15, 0.2) is 36.4 Å². The van der Waals surface area contributed by atoms with Crippen LogP contribution in [0.5, 0.6) is 5.75 Å². The number of rotatable bonds is 5. The molecule has 0 saturated carbocycles. The molecule has 0 aliphatic carbocycles. The zero-order valence-corrected chi connectivity index (χ0v) is 7.99. The van der Waals surface area contributed by atoms with E-state index in [4.69, 9.17) is 4.74 Å². The standard InChI is InChI=1S/C12H15O/c1-2-3-4-8-11-13-12-9-6-5-7-10-12/h4-6,8-10H,2-3,11H2,1H3. The van der Waals surface area contributed by atoms with Crippen LogP contribution in [0, 0.1) is 6.07 Å². The van der Waals surface area contributed by atoms with Gasteiger partial charge in [0.15, 0.2) is 0 Å². The largest absolute Gasteiger partial charge is 0.490 e. The van der Waals surface area contributed by atoms with Crippen LogP contribution in [0.4, 0.5) is 0 Å². The number of ether oxygens (including phenoxy) is 1. The van der Waals surface area contributed by atoms with Gasteiger partial charge in [-0.15, -0.1) is 0 Å². The highest BCUT2D eigenvalue weighted by molar-refractivity contribution is 5.20. The molecule has 0 aliphatic rings. The van der Waals surface area contributed by atoms with E-state index in [1.165, 1.54) is 6.42 Å². The third-order valence-electron chi connectivity index (χ3n) is 1.65. The molecular formula is C12H15O. The molecule has 0 bridgehead atoms. The summed E-state index contributed by atoms with van der Waals surface area (Å²) in [7, 11) is 0. The molecule has 0 aliphatic heterocycles. The fraction of sp³-hybridized carbons (Fsp3) is 0.333. The Hall–Kier alpha value is -1.24. The van der Waals surface area contributed by atoms with Crippen LogP contribution in [-0.2, 0) is 0 Å². The van der Waals surface area contributed by atoms with Gasteiger partial charge in [0.2, 0.25) is 0 Å². The molecule has 13 heavy (non-hydrogen) atoms. The molecule has 0 fully saturated rings. The summed E-state index contributed by atoms with van der Waals surface area (Å²) in [5.41, 5.74) is 0. The zero-order valence-electron chi connectivity index (χ0n) is 7.99. The predicted octanol–water partition coefficient (Wildman–Crippen LogP) is 3.22. The number of benzene rings is 1. The lowest BCUT2D eigenvalue weighted by Gasteiger charge is -2.00. The van der Waals surface area contributed by atoms with Gasteiger partial charge in [-0.1, -0.05) is 37.6 Å². The Kier molecular flexibility index (Phi) is 4.77. The van der Waals surface area contributed by atoms with Crippen molar-refractivity contribution in [2.45, 2.75) is 19.8 Å². The van der Waals surface area contributed by atoms with Gasteiger partial charge in [0.05, 0.1) is 0 Å². The van der Waals surface area contributed by atoms with Crippen LogP contribution in [0.3, 0.4) is 0 Å². The molecule has 1 radical (unpaired) electrons. The van der Waals surface area contributed by atoms with Crippen molar-refractivity contribution in [2.75, 3.05) is 6.61 Å². The lowest BCUT2D eigenvalue weighted by Crippen LogP contribution is -1.92. The van der Waals surface area contributed by atoms with Gasteiger partial charge in [0.25, 0.3) is 0 Å². The highest BCUT2D eigenvalue weighted by Gasteiger charge is 1.86. The summed E-state index contributed by atoms with van der Waals surface area (Å²) in [6.45, 7) is 2.81. The first-order chi connectivity index (χ1) is 6.43. The van der Waals surface area contributed by atoms with Crippen molar-refractivity contribution in [1.82, 2.24) is 0 Å². The minimum atomic E-state index is 0.651. The van der Waals surface area contributed by atoms with E-state index in [1.54, 1.807) is 0 Å². The molecule has 0 spiro atoms.